The van der Waals surface area contributed by atoms with Crippen molar-refractivity contribution in [1.82, 2.24) is 0 Å². The van der Waals surface area contributed by atoms with Gasteiger partial charge >= 0.3 is 0 Å². The van der Waals surface area contributed by atoms with Gasteiger partial charge in [-0.05, 0) is 63.5 Å². The average Bonchev–Trinajstić information content (AvgIpc) is 2.60. The van der Waals surface area contributed by atoms with E-state index in [0.29, 0.717) is 17.6 Å². The Morgan fingerprint density at radius 2 is 1.88 bits per heavy atom. The van der Waals surface area contributed by atoms with Crippen molar-refractivity contribution in [3.05, 3.63) is 58.1 Å². The lowest BCUT2D eigenvalue weighted by atomic mass is 9.99. The van der Waals surface area contributed by atoms with Crippen molar-refractivity contribution < 1.29 is 9.53 Å². The number of halogens is 1. The molecule has 0 radical (unpaired) electrons. The summed E-state index contributed by atoms with van der Waals surface area (Å²) < 4.78 is 6.56. The van der Waals surface area contributed by atoms with Crippen LogP contribution in [-0.4, -0.2) is 12.5 Å². The molecule has 1 amide bonds. The highest BCUT2D eigenvalue weighted by atomic mass is 79.9. The molecule has 0 heterocycles. The summed E-state index contributed by atoms with van der Waals surface area (Å²) in [6.45, 7) is 8.56. The quantitative estimate of drug-likeness (QED) is 0.605. The van der Waals surface area contributed by atoms with E-state index < -0.39 is 0 Å². The molecule has 2 aromatic carbocycles. The zero-order valence-electron chi connectivity index (χ0n) is 15.3. The molecule has 0 saturated carbocycles. The molecule has 134 valence electrons. The summed E-state index contributed by atoms with van der Waals surface area (Å²) in [6.07, 6.45) is 1.09. The van der Waals surface area contributed by atoms with Gasteiger partial charge < -0.3 is 10.1 Å². The van der Waals surface area contributed by atoms with Crippen molar-refractivity contribution in [2.45, 2.75) is 46.0 Å². The number of anilines is 1. The van der Waals surface area contributed by atoms with E-state index in [9.17, 15) is 4.79 Å². The van der Waals surface area contributed by atoms with Crippen LogP contribution >= 0.6 is 15.9 Å². The van der Waals surface area contributed by atoms with Gasteiger partial charge in [-0.1, -0.05) is 52.0 Å². The van der Waals surface area contributed by atoms with Crippen LogP contribution < -0.4 is 10.1 Å². The fraction of sp³-hybridized carbons (Fsp3) is 0.381. The summed E-state index contributed by atoms with van der Waals surface area (Å²) >= 11 is 3.54. The number of carbonyl (C=O) groups is 1. The standard InChI is InChI=1S/C21H26BrNO2/c1-5-15(4)16-10-11-20(18(22)12-16)25-13-21(24)23-19-9-7-6-8-17(19)14(2)3/h6-12,14-15H,5,13H2,1-4H3,(H,23,24). The molecule has 0 aliphatic carbocycles. The third kappa shape index (κ3) is 5.33. The second-order valence-corrected chi connectivity index (χ2v) is 7.43. The number of rotatable bonds is 7. The van der Waals surface area contributed by atoms with Crippen molar-refractivity contribution in [3.8, 4) is 5.75 Å². The molecule has 1 atom stereocenters. The van der Waals surface area contributed by atoms with Crippen LogP contribution in [0.15, 0.2) is 46.9 Å². The number of hydrogen-bond donors (Lipinski definition) is 1. The molecule has 0 aliphatic heterocycles. The average molecular weight is 404 g/mol. The lowest BCUT2D eigenvalue weighted by Crippen LogP contribution is -2.21. The van der Waals surface area contributed by atoms with Gasteiger partial charge in [0.25, 0.3) is 5.91 Å². The topological polar surface area (TPSA) is 38.3 Å². The molecular formula is C21H26BrNO2. The fourth-order valence-electron chi connectivity index (χ4n) is 2.62. The largest absolute Gasteiger partial charge is 0.483 e. The maximum absolute atomic E-state index is 12.2. The molecule has 1 unspecified atom stereocenters. The van der Waals surface area contributed by atoms with Crippen LogP contribution in [0.2, 0.25) is 0 Å². The zero-order valence-corrected chi connectivity index (χ0v) is 16.9. The van der Waals surface area contributed by atoms with Crippen molar-refractivity contribution >= 4 is 27.5 Å². The van der Waals surface area contributed by atoms with Gasteiger partial charge in [-0.15, -0.1) is 0 Å². The first-order valence-corrected chi connectivity index (χ1v) is 9.52. The van der Waals surface area contributed by atoms with Crippen LogP contribution in [0.1, 0.15) is 57.1 Å². The number of benzene rings is 2. The van der Waals surface area contributed by atoms with E-state index in [1.165, 1.54) is 5.56 Å². The summed E-state index contributed by atoms with van der Waals surface area (Å²) in [5.74, 6) is 1.37. The van der Waals surface area contributed by atoms with Gasteiger partial charge in [0.1, 0.15) is 5.75 Å². The highest BCUT2D eigenvalue weighted by molar-refractivity contribution is 9.10. The fourth-order valence-corrected chi connectivity index (χ4v) is 3.13. The number of hydrogen-bond acceptors (Lipinski definition) is 2. The van der Waals surface area contributed by atoms with E-state index in [1.54, 1.807) is 0 Å². The Labute approximate surface area is 158 Å². The second-order valence-electron chi connectivity index (χ2n) is 6.58. The Balaban J connectivity index is 1.99. The molecule has 0 fully saturated rings. The molecule has 0 spiro atoms. The highest BCUT2D eigenvalue weighted by Crippen LogP contribution is 2.30. The van der Waals surface area contributed by atoms with Crippen molar-refractivity contribution in [1.29, 1.82) is 0 Å². The molecule has 0 aromatic heterocycles. The lowest BCUT2D eigenvalue weighted by molar-refractivity contribution is -0.118. The van der Waals surface area contributed by atoms with Crippen LogP contribution in [0.5, 0.6) is 5.75 Å². The van der Waals surface area contributed by atoms with Gasteiger partial charge in [-0.3, -0.25) is 4.79 Å². The second kappa shape index (κ2) is 9.04. The third-order valence-electron chi connectivity index (χ3n) is 4.35. The molecule has 0 aliphatic rings. The number of carbonyl (C=O) groups excluding carboxylic acids is 1. The predicted molar refractivity (Wildman–Crippen MR) is 108 cm³/mol. The number of amides is 1. The maximum atomic E-state index is 12.2. The van der Waals surface area contributed by atoms with E-state index in [-0.39, 0.29) is 12.5 Å². The summed E-state index contributed by atoms with van der Waals surface area (Å²) in [6, 6.07) is 13.9. The summed E-state index contributed by atoms with van der Waals surface area (Å²) in [7, 11) is 0. The van der Waals surface area contributed by atoms with Gasteiger partial charge in [0.2, 0.25) is 0 Å². The Morgan fingerprint density at radius 3 is 2.52 bits per heavy atom. The molecule has 4 heteroatoms. The van der Waals surface area contributed by atoms with Gasteiger partial charge in [0.05, 0.1) is 4.47 Å². The van der Waals surface area contributed by atoms with Crippen molar-refractivity contribution in [2.24, 2.45) is 0 Å². The highest BCUT2D eigenvalue weighted by Gasteiger charge is 2.11. The summed E-state index contributed by atoms with van der Waals surface area (Å²) in [5, 5.41) is 2.94. The van der Waals surface area contributed by atoms with Gasteiger partial charge in [-0.25, -0.2) is 0 Å². The minimum Gasteiger partial charge on any atom is -0.483 e. The summed E-state index contributed by atoms with van der Waals surface area (Å²) in [4.78, 5) is 12.2. The Morgan fingerprint density at radius 1 is 1.16 bits per heavy atom. The minimum absolute atomic E-state index is 0.0201. The molecule has 3 nitrogen and oxygen atoms in total. The van der Waals surface area contributed by atoms with Crippen molar-refractivity contribution in [3.63, 3.8) is 0 Å². The van der Waals surface area contributed by atoms with Crippen molar-refractivity contribution in [2.75, 3.05) is 11.9 Å². The first-order chi connectivity index (χ1) is 11.9. The molecule has 25 heavy (non-hydrogen) atoms. The van der Waals surface area contributed by atoms with E-state index in [1.807, 2.05) is 30.3 Å². The van der Waals surface area contributed by atoms with E-state index >= 15 is 0 Å². The van der Waals surface area contributed by atoms with Crippen LogP contribution in [0.25, 0.3) is 0 Å². The molecular weight excluding hydrogens is 378 g/mol. The maximum Gasteiger partial charge on any atom is 0.262 e. The Bertz CT molecular complexity index is 728. The van der Waals surface area contributed by atoms with Crippen LogP contribution in [-0.2, 0) is 4.79 Å². The first-order valence-electron chi connectivity index (χ1n) is 8.73. The van der Waals surface area contributed by atoms with Crippen LogP contribution in [0, 0.1) is 0 Å². The smallest absolute Gasteiger partial charge is 0.262 e. The first kappa shape index (κ1) is 19.5. The van der Waals surface area contributed by atoms with Crippen LogP contribution in [0.4, 0.5) is 5.69 Å². The van der Waals surface area contributed by atoms with E-state index in [2.05, 4.69) is 61.1 Å². The Kier molecular flexibility index (Phi) is 7.06. The number of para-hydroxylation sites is 1. The third-order valence-corrected chi connectivity index (χ3v) is 4.97. The number of nitrogens with one attached hydrogen (secondary N) is 1. The molecule has 1 N–H and O–H groups in total. The van der Waals surface area contributed by atoms with Gasteiger partial charge in [0, 0.05) is 5.69 Å². The van der Waals surface area contributed by atoms with Gasteiger partial charge in [0.15, 0.2) is 6.61 Å². The molecule has 0 bridgehead atoms. The number of ether oxygens (including phenoxy) is 1. The van der Waals surface area contributed by atoms with E-state index in [4.69, 9.17) is 4.74 Å². The molecule has 2 aromatic rings. The normalized spacial score (nSPS) is 12.1. The van der Waals surface area contributed by atoms with E-state index in [0.717, 1.165) is 22.1 Å². The lowest BCUT2D eigenvalue weighted by Gasteiger charge is -2.15. The minimum atomic E-state index is -0.161. The Hall–Kier alpha value is -1.81. The predicted octanol–water partition coefficient (Wildman–Crippen LogP) is 6.10. The summed E-state index contributed by atoms with van der Waals surface area (Å²) in [5.41, 5.74) is 3.23. The SMILES string of the molecule is CCC(C)c1ccc(OCC(=O)Nc2ccccc2C(C)C)c(Br)c1. The monoisotopic (exact) mass is 403 g/mol. The molecule has 0 saturated heterocycles. The van der Waals surface area contributed by atoms with Gasteiger partial charge in [-0.2, -0.15) is 0 Å². The van der Waals surface area contributed by atoms with Crippen LogP contribution in [0.3, 0.4) is 0 Å². The zero-order chi connectivity index (χ0) is 18.4. The molecule has 2 rings (SSSR count).